The van der Waals surface area contributed by atoms with Gasteiger partial charge in [-0.25, -0.2) is 4.79 Å². The number of hydrogen-bond acceptors (Lipinski definition) is 4. The molecular formula is C21H17F9N2O4. The highest BCUT2D eigenvalue weighted by Crippen LogP contribution is 2.54. The SMILES string of the molecule is O=C(NCc1ccc([N+](=O)[O-])cc1)OCc1ccc(CCC(F)(F)C(F)(F)C(F)(F)C(F)(F)F)cc1. The molecule has 1 amide bonds. The van der Waals surface area contributed by atoms with E-state index in [1.165, 1.54) is 36.4 Å². The van der Waals surface area contributed by atoms with Gasteiger partial charge in [-0.3, -0.25) is 10.1 Å². The normalized spacial score (nSPS) is 12.8. The van der Waals surface area contributed by atoms with Gasteiger partial charge in [-0.2, -0.15) is 39.5 Å². The first-order valence-corrected chi connectivity index (χ1v) is 9.90. The van der Waals surface area contributed by atoms with Gasteiger partial charge in [0.15, 0.2) is 0 Å². The lowest BCUT2D eigenvalue weighted by Crippen LogP contribution is -2.60. The van der Waals surface area contributed by atoms with E-state index in [4.69, 9.17) is 4.74 Å². The fourth-order valence-corrected chi connectivity index (χ4v) is 2.78. The smallest absolute Gasteiger partial charge is 0.445 e. The molecule has 2 rings (SSSR count). The van der Waals surface area contributed by atoms with E-state index in [0.717, 1.165) is 12.1 Å². The molecule has 2 aromatic rings. The Kier molecular flexibility index (Phi) is 8.47. The van der Waals surface area contributed by atoms with Gasteiger partial charge >= 0.3 is 30.0 Å². The first-order valence-electron chi connectivity index (χ1n) is 9.90. The van der Waals surface area contributed by atoms with Crippen LogP contribution in [-0.4, -0.2) is 35.0 Å². The number of alkyl halides is 9. The number of carbonyl (C=O) groups is 1. The highest BCUT2D eigenvalue weighted by Gasteiger charge is 2.81. The fourth-order valence-electron chi connectivity index (χ4n) is 2.78. The largest absolute Gasteiger partial charge is 0.460 e. The summed E-state index contributed by atoms with van der Waals surface area (Å²) < 4.78 is 121. The van der Waals surface area contributed by atoms with Crippen LogP contribution >= 0.6 is 0 Å². The topological polar surface area (TPSA) is 81.5 Å². The fraction of sp³-hybridized carbons (Fsp3) is 0.381. The molecule has 0 heterocycles. The molecule has 36 heavy (non-hydrogen) atoms. The number of alkyl carbamates (subject to hydrolysis) is 1. The number of nitro groups is 1. The van der Waals surface area contributed by atoms with Gasteiger partial charge in [-0.15, -0.1) is 0 Å². The molecule has 198 valence electrons. The molecule has 2 aromatic carbocycles. The second-order valence-electron chi connectivity index (χ2n) is 7.52. The van der Waals surface area contributed by atoms with Crippen LogP contribution in [0.1, 0.15) is 23.1 Å². The van der Waals surface area contributed by atoms with Gasteiger partial charge in [0.05, 0.1) is 4.92 Å². The molecule has 6 nitrogen and oxygen atoms in total. The van der Waals surface area contributed by atoms with Crippen molar-refractivity contribution in [2.75, 3.05) is 0 Å². The standard InChI is InChI=1S/C21H17F9N2O4/c22-18(23,19(24,25)20(26,27)21(28,29)30)10-9-13-1-3-15(4-2-13)12-36-17(33)31-11-14-5-7-16(8-6-14)32(34)35/h1-8H,9-12H2,(H,31,33). The molecule has 0 aliphatic carbocycles. The Morgan fingerprint density at radius 2 is 1.31 bits per heavy atom. The van der Waals surface area contributed by atoms with E-state index < -0.39 is 47.8 Å². The zero-order chi connectivity index (χ0) is 27.4. The lowest BCUT2D eigenvalue weighted by molar-refractivity contribution is -0.396. The number of aryl methyl sites for hydroxylation is 1. The van der Waals surface area contributed by atoms with Crippen molar-refractivity contribution in [3.8, 4) is 0 Å². The predicted octanol–water partition coefficient (Wildman–Crippen LogP) is 6.42. The maximum atomic E-state index is 13.6. The second kappa shape index (κ2) is 10.6. The molecule has 0 saturated heterocycles. The zero-order valence-corrected chi connectivity index (χ0v) is 17.9. The monoisotopic (exact) mass is 532 g/mol. The van der Waals surface area contributed by atoms with Crippen LogP contribution in [0.3, 0.4) is 0 Å². The number of nitrogens with one attached hydrogen (secondary N) is 1. The van der Waals surface area contributed by atoms with Crippen LogP contribution in [0, 0.1) is 10.1 Å². The molecule has 0 saturated carbocycles. The molecule has 0 aliphatic heterocycles. The summed E-state index contributed by atoms with van der Waals surface area (Å²) in [4.78, 5) is 21.8. The number of rotatable bonds is 10. The van der Waals surface area contributed by atoms with Crippen LogP contribution in [-0.2, 0) is 24.3 Å². The number of hydrogen-bond donors (Lipinski definition) is 1. The van der Waals surface area contributed by atoms with Gasteiger partial charge in [0.2, 0.25) is 0 Å². The van der Waals surface area contributed by atoms with Crippen LogP contribution in [0.15, 0.2) is 48.5 Å². The van der Waals surface area contributed by atoms with Gasteiger partial charge in [0.1, 0.15) is 6.61 Å². The third kappa shape index (κ3) is 6.57. The summed E-state index contributed by atoms with van der Waals surface area (Å²) in [5.74, 6) is -19.2. The lowest BCUT2D eigenvalue weighted by atomic mass is 9.97. The Morgan fingerprint density at radius 1 is 0.806 bits per heavy atom. The number of benzene rings is 2. The van der Waals surface area contributed by atoms with Crippen LogP contribution in [0.2, 0.25) is 0 Å². The molecule has 0 radical (unpaired) electrons. The Balaban J connectivity index is 1.86. The van der Waals surface area contributed by atoms with Crippen molar-refractivity contribution in [2.45, 2.75) is 49.9 Å². The Morgan fingerprint density at radius 3 is 1.81 bits per heavy atom. The van der Waals surface area contributed by atoms with Gasteiger partial charge in [-0.1, -0.05) is 36.4 Å². The quantitative estimate of drug-likeness (QED) is 0.218. The van der Waals surface area contributed by atoms with E-state index in [9.17, 15) is 54.4 Å². The predicted molar refractivity (Wildman–Crippen MR) is 106 cm³/mol. The summed E-state index contributed by atoms with van der Waals surface area (Å²) in [5, 5.41) is 13.0. The number of halogens is 9. The Hall–Kier alpha value is -3.52. The van der Waals surface area contributed by atoms with Crippen molar-refractivity contribution in [3.63, 3.8) is 0 Å². The van der Waals surface area contributed by atoms with Crippen molar-refractivity contribution in [1.29, 1.82) is 0 Å². The highest BCUT2D eigenvalue weighted by molar-refractivity contribution is 5.67. The molecule has 0 bridgehead atoms. The van der Waals surface area contributed by atoms with Gasteiger partial charge in [-0.05, 0) is 23.1 Å². The second-order valence-corrected chi connectivity index (χ2v) is 7.52. The number of ether oxygens (including phenoxy) is 1. The molecule has 0 aliphatic rings. The van der Waals surface area contributed by atoms with Crippen LogP contribution < -0.4 is 5.32 Å². The highest BCUT2D eigenvalue weighted by atomic mass is 19.4. The summed E-state index contributed by atoms with van der Waals surface area (Å²) in [5.41, 5.74) is 0.663. The van der Waals surface area contributed by atoms with E-state index in [2.05, 4.69) is 5.32 Å². The van der Waals surface area contributed by atoms with E-state index >= 15 is 0 Å². The molecule has 0 unspecified atom stereocenters. The molecule has 0 fully saturated rings. The minimum Gasteiger partial charge on any atom is -0.445 e. The van der Waals surface area contributed by atoms with Gasteiger partial charge in [0.25, 0.3) is 5.69 Å². The van der Waals surface area contributed by atoms with E-state index in [1.54, 1.807) is 0 Å². The van der Waals surface area contributed by atoms with Crippen molar-refractivity contribution < 1.29 is 54.0 Å². The lowest BCUT2D eigenvalue weighted by Gasteiger charge is -2.33. The van der Waals surface area contributed by atoms with E-state index in [-0.39, 0.29) is 24.4 Å². The number of amides is 1. The Bertz CT molecular complexity index is 1060. The average Bonchev–Trinajstić information content (AvgIpc) is 2.80. The van der Waals surface area contributed by atoms with Gasteiger partial charge < -0.3 is 10.1 Å². The molecule has 15 heteroatoms. The van der Waals surface area contributed by atoms with E-state index in [1.807, 2.05) is 0 Å². The summed E-state index contributed by atoms with van der Waals surface area (Å²) in [7, 11) is 0. The Labute approximate surface area is 197 Å². The zero-order valence-electron chi connectivity index (χ0n) is 17.9. The summed E-state index contributed by atoms with van der Waals surface area (Å²) in [6.07, 6.45) is -10.7. The maximum Gasteiger partial charge on any atom is 0.460 e. The molecule has 1 N–H and O–H groups in total. The molecule has 0 aromatic heterocycles. The van der Waals surface area contributed by atoms with E-state index in [0.29, 0.717) is 11.1 Å². The maximum absolute atomic E-state index is 13.6. The first-order chi connectivity index (χ1) is 16.5. The summed E-state index contributed by atoms with van der Waals surface area (Å²) in [6.45, 7) is -0.319. The summed E-state index contributed by atoms with van der Waals surface area (Å²) in [6, 6.07) is 10.1. The third-order valence-electron chi connectivity index (χ3n) is 4.91. The van der Waals surface area contributed by atoms with Crippen molar-refractivity contribution in [1.82, 2.24) is 5.32 Å². The average molecular weight is 532 g/mol. The number of nitrogens with zero attached hydrogens (tertiary/aromatic N) is 1. The van der Waals surface area contributed by atoms with Gasteiger partial charge in [0, 0.05) is 25.1 Å². The molecule has 0 atom stereocenters. The van der Waals surface area contributed by atoms with Crippen molar-refractivity contribution >= 4 is 11.8 Å². The third-order valence-corrected chi connectivity index (χ3v) is 4.91. The number of non-ortho nitro benzene ring substituents is 1. The minimum atomic E-state index is -6.93. The van der Waals surface area contributed by atoms with Crippen molar-refractivity contribution in [3.05, 3.63) is 75.3 Å². The minimum absolute atomic E-state index is 0.0119. The summed E-state index contributed by atoms with van der Waals surface area (Å²) >= 11 is 0. The van der Waals surface area contributed by atoms with Crippen LogP contribution in [0.4, 0.5) is 50.0 Å². The van der Waals surface area contributed by atoms with Crippen LogP contribution in [0.5, 0.6) is 0 Å². The molecule has 0 spiro atoms. The van der Waals surface area contributed by atoms with Crippen molar-refractivity contribution in [2.24, 2.45) is 0 Å². The van der Waals surface area contributed by atoms with Crippen LogP contribution in [0.25, 0.3) is 0 Å². The number of nitro benzene ring substituents is 1. The first kappa shape index (κ1) is 28.7. The number of carbonyl (C=O) groups excluding carboxylic acids is 1. The molecular weight excluding hydrogens is 515 g/mol.